The Morgan fingerprint density at radius 1 is 1.14 bits per heavy atom. The van der Waals surface area contributed by atoms with E-state index in [0.29, 0.717) is 16.6 Å². The van der Waals surface area contributed by atoms with Crippen LogP contribution in [0.4, 0.5) is 5.69 Å². The van der Waals surface area contributed by atoms with Crippen molar-refractivity contribution in [2.24, 2.45) is 0 Å². The maximum atomic E-state index is 12.6. The van der Waals surface area contributed by atoms with E-state index in [1.54, 1.807) is 18.2 Å². The second-order valence-corrected chi connectivity index (χ2v) is 6.56. The third-order valence-electron chi connectivity index (χ3n) is 4.84. The number of aromatic amines is 2. The number of benzene rings is 2. The summed E-state index contributed by atoms with van der Waals surface area (Å²) in [4.78, 5) is 27.7. The van der Waals surface area contributed by atoms with Crippen LogP contribution in [0.5, 0.6) is 0 Å². The lowest BCUT2D eigenvalue weighted by molar-refractivity contribution is -0.115. The second-order valence-electron chi connectivity index (χ2n) is 6.56. The molecule has 0 atom stereocenters. The molecule has 4 rings (SSSR count). The summed E-state index contributed by atoms with van der Waals surface area (Å²) in [6.07, 6.45) is 3.06. The summed E-state index contributed by atoms with van der Waals surface area (Å²) in [5.74, 6) is -0.662. The highest BCUT2D eigenvalue weighted by Gasteiger charge is 2.16. The SMILES string of the molecule is CCc1cccc2c(CC(=O)Nc3ccc4[nH]nc(C(=O)OC)c4c3)c[nH]c12. The third kappa shape index (κ3) is 3.11. The van der Waals surface area contributed by atoms with Crippen LogP contribution in [0.1, 0.15) is 28.5 Å². The molecule has 2 aromatic heterocycles. The number of H-pyrrole nitrogens is 2. The molecule has 0 bridgehead atoms. The van der Waals surface area contributed by atoms with Gasteiger partial charge in [-0.05, 0) is 35.7 Å². The maximum absolute atomic E-state index is 12.6. The number of esters is 1. The molecule has 7 nitrogen and oxygen atoms in total. The van der Waals surface area contributed by atoms with Crippen molar-refractivity contribution in [3.63, 3.8) is 0 Å². The van der Waals surface area contributed by atoms with Gasteiger partial charge in [0.15, 0.2) is 5.69 Å². The maximum Gasteiger partial charge on any atom is 0.359 e. The molecule has 7 heteroatoms. The van der Waals surface area contributed by atoms with E-state index >= 15 is 0 Å². The van der Waals surface area contributed by atoms with Gasteiger partial charge >= 0.3 is 5.97 Å². The summed E-state index contributed by atoms with van der Waals surface area (Å²) in [5, 5.41) is 11.3. The lowest BCUT2D eigenvalue weighted by Crippen LogP contribution is -2.14. The van der Waals surface area contributed by atoms with E-state index in [1.807, 2.05) is 18.3 Å². The van der Waals surface area contributed by atoms with Gasteiger partial charge < -0.3 is 15.0 Å². The first-order valence-corrected chi connectivity index (χ1v) is 9.05. The van der Waals surface area contributed by atoms with Gasteiger partial charge in [-0.1, -0.05) is 25.1 Å². The van der Waals surface area contributed by atoms with Crippen LogP contribution < -0.4 is 5.32 Å². The minimum Gasteiger partial charge on any atom is -0.464 e. The van der Waals surface area contributed by atoms with Crippen LogP contribution in [-0.4, -0.2) is 34.2 Å². The molecule has 0 saturated carbocycles. The van der Waals surface area contributed by atoms with E-state index in [0.717, 1.165) is 22.9 Å². The number of hydrogen-bond acceptors (Lipinski definition) is 4. The van der Waals surface area contributed by atoms with Gasteiger partial charge in [0.05, 0.1) is 19.0 Å². The number of fused-ring (bicyclic) bond motifs is 2. The number of methoxy groups -OCH3 is 1. The van der Waals surface area contributed by atoms with E-state index in [4.69, 9.17) is 4.74 Å². The summed E-state index contributed by atoms with van der Waals surface area (Å²) in [7, 11) is 1.31. The summed E-state index contributed by atoms with van der Waals surface area (Å²) < 4.78 is 4.74. The molecule has 0 fully saturated rings. The number of carbonyl (C=O) groups is 2. The number of nitrogens with one attached hydrogen (secondary N) is 3. The predicted molar refractivity (Wildman–Crippen MR) is 107 cm³/mol. The standard InChI is InChI=1S/C21H20N4O3/c1-3-12-5-4-6-15-13(11-22-19(12)15)9-18(26)23-14-7-8-17-16(10-14)20(25-24-17)21(27)28-2/h4-8,10-11,22H,3,9H2,1-2H3,(H,23,26)(H,24,25). The highest BCUT2D eigenvalue weighted by atomic mass is 16.5. The molecular formula is C21H20N4O3. The summed E-state index contributed by atoms with van der Waals surface area (Å²) in [5.41, 5.74) is 4.74. The summed E-state index contributed by atoms with van der Waals surface area (Å²) in [6.45, 7) is 2.11. The van der Waals surface area contributed by atoms with E-state index in [-0.39, 0.29) is 18.0 Å². The molecule has 0 saturated heterocycles. The average Bonchev–Trinajstić information content (AvgIpc) is 3.31. The molecular weight excluding hydrogens is 356 g/mol. The van der Waals surface area contributed by atoms with Gasteiger partial charge in [0, 0.05) is 28.2 Å². The zero-order valence-electron chi connectivity index (χ0n) is 15.6. The first-order valence-electron chi connectivity index (χ1n) is 9.05. The Bertz CT molecular complexity index is 1190. The number of amides is 1. The Hall–Kier alpha value is -3.61. The van der Waals surface area contributed by atoms with Gasteiger partial charge in [0.25, 0.3) is 0 Å². The van der Waals surface area contributed by atoms with Gasteiger partial charge in [-0.15, -0.1) is 0 Å². The van der Waals surface area contributed by atoms with Crippen LogP contribution in [0, 0.1) is 0 Å². The van der Waals surface area contributed by atoms with Crippen molar-refractivity contribution in [1.29, 1.82) is 0 Å². The van der Waals surface area contributed by atoms with Crippen LogP contribution >= 0.6 is 0 Å². The third-order valence-corrected chi connectivity index (χ3v) is 4.84. The molecule has 1 amide bonds. The number of para-hydroxylation sites is 1. The Morgan fingerprint density at radius 2 is 2.00 bits per heavy atom. The Balaban J connectivity index is 1.56. The highest BCUT2D eigenvalue weighted by Crippen LogP contribution is 2.24. The monoisotopic (exact) mass is 376 g/mol. The molecule has 142 valence electrons. The van der Waals surface area contributed by atoms with Gasteiger partial charge in [0.2, 0.25) is 5.91 Å². The van der Waals surface area contributed by atoms with Crippen molar-refractivity contribution in [3.8, 4) is 0 Å². The fraction of sp³-hybridized carbons (Fsp3) is 0.190. The zero-order valence-corrected chi connectivity index (χ0v) is 15.6. The summed E-state index contributed by atoms with van der Waals surface area (Å²) in [6, 6.07) is 11.4. The average molecular weight is 376 g/mol. The highest BCUT2D eigenvalue weighted by molar-refractivity contribution is 6.04. The molecule has 0 aliphatic rings. The van der Waals surface area contributed by atoms with E-state index in [9.17, 15) is 9.59 Å². The van der Waals surface area contributed by atoms with Crippen molar-refractivity contribution >= 4 is 39.4 Å². The first kappa shape index (κ1) is 17.8. The summed E-state index contributed by atoms with van der Waals surface area (Å²) >= 11 is 0. The second kappa shape index (κ2) is 7.19. The van der Waals surface area contributed by atoms with Crippen molar-refractivity contribution in [2.45, 2.75) is 19.8 Å². The quantitative estimate of drug-likeness (QED) is 0.464. The molecule has 0 aliphatic carbocycles. The van der Waals surface area contributed by atoms with Gasteiger partial charge in [-0.2, -0.15) is 5.10 Å². The van der Waals surface area contributed by atoms with Crippen LogP contribution in [0.25, 0.3) is 21.8 Å². The van der Waals surface area contributed by atoms with E-state index < -0.39 is 5.97 Å². The minimum atomic E-state index is -0.528. The fourth-order valence-corrected chi connectivity index (χ4v) is 3.44. The topological polar surface area (TPSA) is 99.9 Å². The Kier molecular flexibility index (Phi) is 4.57. The lowest BCUT2D eigenvalue weighted by atomic mass is 10.1. The molecule has 2 aromatic carbocycles. The van der Waals surface area contributed by atoms with E-state index in [2.05, 4.69) is 33.5 Å². The molecule has 0 aliphatic heterocycles. The Morgan fingerprint density at radius 3 is 2.79 bits per heavy atom. The normalized spacial score (nSPS) is 11.1. The minimum absolute atomic E-state index is 0.134. The number of anilines is 1. The molecule has 3 N–H and O–H groups in total. The number of carbonyl (C=O) groups excluding carboxylic acids is 2. The van der Waals surface area contributed by atoms with Crippen LogP contribution in [-0.2, 0) is 22.4 Å². The van der Waals surface area contributed by atoms with Crippen LogP contribution in [0.3, 0.4) is 0 Å². The zero-order chi connectivity index (χ0) is 19.7. The largest absolute Gasteiger partial charge is 0.464 e. The van der Waals surface area contributed by atoms with Crippen LogP contribution in [0.2, 0.25) is 0 Å². The number of ether oxygens (including phenoxy) is 1. The van der Waals surface area contributed by atoms with Crippen molar-refractivity contribution in [3.05, 3.63) is 59.4 Å². The Labute approximate surface area is 161 Å². The number of nitrogens with zero attached hydrogens (tertiary/aromatic N) is 1. The number of aromatic nitrogens is 3. The van der Waals surface area contributed by atoms with Crippen LogP contribution in [0.15, 0.2) is 42.6 Å². The number of hydrogen-bond donors (Lipinski definition) is 3. The van der Waals surface area contributed by atoms with Gasteiger partial charge in [-0.25, -0.2) is 4.79 Å². The lowest BCUT2D eigenvalue weighted by Gasteiger charge is -2.06. The van der Waals surface area contributed by atoms with Crippen molar-refractivity contribution < 1.29 is 14.3 Å². The van der Waals surface area contributed by atoms with E-state index in [1.165, 1.54) is 12.7 Å². The number of aryl methyl sites for hydroxylation is 1. The van der Waals surface area contributed by atoms with Crippen molar-refractivity contribution in [1.82, 2.24) is 15.2 Å². The van der Waals surface area contributed by atoms with Gasteiger partial charge in [0.1, 0.15) is 0 Å². The molecule has 0 spiro atoms. The molecule has 0 unspecified atom stereocenters. The smallest absolute Gasteiger partial charge is 0.359 e. The van der Waals surface area contributed by atoms with Crippen molar-refractivity contribution in [2.75, 3.05) is 12.4 Å². The number of rotatable bonds is 5. The molecule has 28 heavy (non-hydrogen) atoms. The molecule has 0 radical (unpaired) electrons. The fourth-order valence-electron chi connectivity index (χ4n) is 3.44. The molecule has 2 heterocycles. The van der Waals surface area contributed by atoms with Gasteiger partial charge in [-0.3, -0.25) is 9.89 Å². The first-order chi connectivity index (χ1) is 13.6. The predicted octanol–water partition coefficient (Wildman–Crippen LogP) is 3.57. The molecule has 4 aromatic rings.